The van der Waals surface area contributed by atoms with Crippen LogP contribution in [0.4, 0.5) is 8.78 Å². The van der Waals surface area contributed by atoms with E-state index >= 15 is 0 Å². The van der Waals surface area contributed by atoms with Crippen LogP contribution in [-0.2, 0) is 4.79 Å². The van der Waals surface area contributed by atoms with Gasteiger partial charge in [0, 0.05) is 12.5 Å². The van der Waals surface area contributed by atoms with Crippen molar-refractivity contribution in [3.63, 3.8) is 0 Å². The Kier molecular flexibility index (Phi) is 2.41. The van der Waals surface area contributed by atoms with Gasteiger partial charge in [0.05, 0.1) is 0 Å². The van der Waals surface area contributed by atoms with Crippen molar-refractivity contribution in [1.29, 1.82) is 0 Å². The highest BCUT2D eigenvalue weighted by Crippen LogP contribution is 2.54. The minimum absolute atomic E-state index is 0.276. The molecule has 0 aliphatic heterocycles. The zero-order valence-electron chi connectivity index (χ0n) is 7.73. The van der Waals surface area contributed by atoms with Gasteiger partial charge in [-0.25, -0.2) is 8.78 Å². The van der Waals surface area contributed by atoms with Crippen LogP contribution in [0.2, 0.25) is 0 Å². The predicted molar refractivity (Wildman–Crippen MR) is 45.4 cm³/mol. The van der Waals surface area contributed by atoms with Crippen LogP contribution in [0, 0.1) is 11.8 Å². The highest BCUT2D eigenvalue weighted by molar-refractivity contribution is 5.83. The molecular formula is C9H13F2NO. The third-order valence-electron chi connectivity index (χ3n) is 2.26. The minimum atomic E-state index is -2.81. The molecule has 0 heterocycles. The molecule has 2 unspecified atom stereocenters. The van der Waals surface area contributed by atoms with E-state index < -0.39 is 23.7 Å². The summed E-state index contributed by atoms with van der Waals surface area (Å²) in [5.74, 6) is -5.33. The summed E-state index contributed by atoms with van der Waals surface area (Å²) in [4.78, 5) is 11.1. The number of rotatable bonds is 3. The highest BCUT2D eigenvalue weighted by Gasteiger charge is 2.69. The van der Waals surface area contributed by atoms with Gasteiger partial charge in [-0.2, -0.15) is 0 Å². The molecule has 1 N–H and O–H groups in total. The monoisotopic (exact) mass is 189 g/mol. The topological polar surface area (TPSA) is 29.1 Å². The van der Waals surface area contributed by atoms with E-state index in [9.17, 15) is 13.6 Å². The van der Waals surface area contributed by atoms with Gasteiger partial charge in [0.25, 0.3) is 5.92 Å². The van der Waals surface area contributed by atoms with Crippen LogP contribution < -0.4 is 5.32 Å². The van der Waals surface area contributed by atoms with Gasteiger partial charge >= 0.3 is 0 Å². The smallest absolute Gasteiger partial charge is 0.263 e. The van der Waals surface area contributed by atoms with E-state index in [-0.39, 0.29) is 6.54 Å². The summed E-state index contributed by atoms with van der Waals surface area (Å²) in [6.07, 6.45) is 0. The first-order valence-electron chi connectivity index (χ1n) is 4.17. The van der Waals surface area contributed by atoms with Gasteiger partial charge in [-0.1, -0.05) is 19.1 Å². The summed E-state index contributed by atoms with van der Waals surface area (Å²) >= 11 is 0. The number of hydrogen-bond donors (Lipinski definition) is 1. The molecule has 0 spiro atoms. The molecule has 1 aliphatic rings. The SMILES string of the molecule is C=C(C)CNC(=O)C1C(C)C1(F)F. The van der Waals surface area contributed by atoms with E-state index in [4.69, 9.17) is 0 Å². The molecule has 0 aromatic heterocycles. The maximum absolute atomic E-state index is 12.7. The summed E-state index contributed by atoms with van der Waals surface area (Å²) in [6, 6.07) is 0. The average molecular weight is 189 g/mol. The molecule has 1 aliphatic carbocycles. The number of alkyl halides is 2. The molecule has 1 rings (SSSR count). The van der Waals surface area contributed by atoms with Crippen LogP contribution in [0.5, 0.6) is 0 Å². The van der Waals surface area contributed by atoms with E-state index in [0.29, 0.717) is 0 Å². The minimum Gasteiger partial charge on any atom is -0.352 e. The van der Waals surface area contributed by atoms with Gasteiger partial charge < -0.3 is 5.32 Å². The number of carbonyl (C=O) groups is 1. The lowest BCUT2D eigenvalue weighted by molar-refractivity contribution is -0.124. The van der Waals surface area contributed by atoms with Gasteiger partial charge in [-0.3, -0.25) is 4.79 Å². The summed E-state index contributed by atoms with van der Waals surface area (Å²) in [5.41, 5.74) is 0.755. The maximum Gasteiger partial charge on any atom is 0.263 e. The molecule has 1 amide bonds. The zero-order valence-corrected chi connectivity index (χ0v) is 7.73. The van der Waals surface area contributed by atoms with Crippen LogP contribution in [0.25, 0.3) is 0 Å². The Labute approximate surface area is 76.0 Å². The lowest BCUT2D eigenvalue weighted by Crippen LogP contribution is -2.28. The molecule has 13 heavy (non-hydrogen) atoms. The molecule has 1 saturated carbocycles. The van der Waals surface area contributed by atoms with Gasteiger partial charge in [0.2, 0.25) is 5.91 Å². The molecule has 74 valence electrons. The largest absolute Gasteiger partial charge is 0.352 e. The first-order valence-corrected chi connectivity index (χ1v) is 4.17. The Hall–Kier alpha value is -0.930. The standard InChI is InChI=1S/C9H13F2NO/c1-5(2)4-12-8(13)7-6(3)9(7,10)11/h6-7H,1,4H2,2-3H3,(H,12,13). The lowest BCUT2D eigenvalue weighted by Gasteiger charge is -2.02. The fraction of sp³-hybridized carbons (Fsp3) is 0.667. The van der Waals surface area contributed by atoms with Crippen molar-refractivity contribution in [2.45, 2.75) is 19.8 Å². The summed E-state index contributed by atoms with van der Waals surface area (Å²) < 4.78 is 25.4. The predicted octanol–water partition coefficient (Wildman–Crippen LogP) is 1.58. The molecule has 0 bridgehead atoms. The maximum atomic E-state index is 12.7. The van der Waals surface area contributed by atoms with Crippen molar-refractivity contribution in [3.8, 4) is 0 Å². The number of halogens is 2. The Morgan fingerprint density at radius 1 is 1.62 bits per heavy atom. The molecule has 0 aromatic carbocycles. The summed E-state index contributed by atoms with van der Waals surface area (Å²) in [7, 11) is 0. The number of amides is 1. The molecule has 2 nitrogen and oxygen atoms in total. The normalized spacial score (nSPS) is 29.5. The van der Waals surface area contributed by atoms with E-state index in [1.165, 1.54) is 6.92 Å². The van der Waals surface area contributed by atoms with Crippen LogP contribution in [0.1, 0.15) is 13.8 Å². The van der Waals surface area contributed by atoms with Crippen molar-refractivity contribution in [3.05, 3.63) is 12.2 Å². The van der Waals surface area contributed by atoms with Crippen molar-refractivity contribution in [2.24, 2.45) is 11.8 Å². The molecule has 4 heteroatoms. The third kappa shape index (κ3) is 1.87. The number of hydrogen-bond acceptors (Lipinski definition) is 1. The highest BCUT2D eigenvalue weighted by atomic mass is 19.3. The summed E-state index contributed by atoms with van der Waals surface area (Å²) in [5, 5.41) is 2.41. The second-order valence-electron chi connectivity index (χ2n) is 3.62. The molecule has 0 saturated heterocycles. The fourth-order valence-corrected chi connectivity index (χ4v) is 1.23. The third-order valence-corrected chi connectivity index (χ3v) is 2.26. The molecule has 1 fully saturated rings. The van der Waals surface area contributed by atoms with Gasteiger partial charge in [-0.15, -0.1) is 0 Å². The molecular weight excluding hydrogens is 176 g/mol. The first-order chi connectivity index (χ1) is 5.87. The van der Waals surface area contributed by atoms with Gasteiger partial charge in [0.15, 0.2) is 0 Å². The van der Waals surface area contributed by atoms with Crippen molar-refractivity contribution >= 4 is 5.91 Å². The van der Waals surface area contributed by atoms with Gasteiger partial charge in [-0.05, 0) is 6.92 Å². The Morgan fingerprint density at radius 3 is 2.38 bits per heavy atom. The Bertz CT molecular complexity index is 250. The Balaban J connectivity index is 2.39. The van der Waals surface area contributed by atoms with E-state index in [0.717, 1.165) is 5.57 Å². The second-order valence-corrected chi connectivity index (χ2v) is 3.62. The van der Waals surface area contributed by atoms with E-state index in [1.54, 1.807) is 6.92 Å². The van der Waals surface area contributed by atoms with E-state index in [2.05, 4.69) is 11.9 Å². The van der Waals surface area contributed by atoms with Crippen molar-refractivity contribution in [2.75, 3.05) is 6.54 Å². The quantitative estimate of drug-likeness (QED) is 0.671. The lowest BCUT2D eigenvalue weighted by atomic mass is 10.3. The second kappa shape index (κ2) is 3.09. The van der Waals surface area contributed by atoms with Gasteiger partial charge in [0.1, 0.15) is 5.92 Å². The van der Waals surface area contributed by atoms with Crippen LogP contribution in [0.3, 0.4) is 0 Å². The van der Waals surface area contributed by atoms with Crippen molar-refractivity contribution in [1.82, 2.24) is 5.32 Å². The van der Waals surface area contributed by atoms with Crippen LogP contribution in [0.15, 0.2) is 12.2 Å². The Morgan fingerprint density at radius 2 is 2.08 bits per heavy atom. The van der Waals surface area contributed by atoms with Crippen molar-refractivity contribution < 1.29 is 13.6 Å². The number of carbonyl (C=O) groups excluding carboxylic acids is 1. The first kappa shape index (κ1) is 10.2. The molecule has 0 radical (unpaired) electrons. The molecule has 2 atom stereocenters. The summed E-state index contributed by atoms with van der Waals surface area (Å²) in [6.45, 7) is 6.95. The van der Waals surface area contributed by atoms with Crippen LogP contribution >= 0.6 is 0 Å². The van der Waals surface area contributed by atoms with E-state index in [1.807, 2.05) is 0 Å². The average Bonchev–Trinajstić information content (AvgIpc) is 2.47. The van der Waals surface area contributed by atoms with Crippen LogP contribution in [-0.4, -0.2) is 18.4 Å². The number of nitrogens with one attached hydrogen (secondary N) is 1. The fourth-order valence-electron chi connectivity index (χ4n) is 1.23. The zero-order chi connectivity index (χ0) is 10.2. The molecule has 0 aromatic rings.